The number of fused-ring (bicyclic) bond motifs is 1. The van der Waals surface area contributed by atoms with Crippen molar-refractivity contribution in [3.63, 3.8) is 0 Å². The standard InChI is InChI=1S/C21H23ClF3N5O2/c1-28(8-14-4-16(21(23,24)25)2-3-18(14)22)17-5-12-9-29(10-13(12)6-17)20(32)30-11-15(7-27-30)19(26)31/h2-4,7,11-13,17H,5-6,8-10H2,1H3,(H2,26,31)/t12-,13+,17?. The van der Waals surface area contributed by atoms with Crippen molar-refractivity contribution >= 4 is 23.5 Å². The highest BCUT2D eigenvalue weighted by atomic mass is 35.5. The number of nitrogens with two attached hydrogens (primary N) is 1. The van der Waals surface area contributed by atoms with E-state index in [9.17, 15) is 22.8 Å². The van der Waals surface area contributed by atoms with Crippen molar-refractivity contribution < 1.29 is 22.8 Å². The van der Waals surface area contributed by atoms with E-state index in [1.165, 1.54) is 18.5 Å². The van der Waals surface area contributed by atoms with E-state index in [2.05, 4.69) is 5.10 Å². The molecule has 2 amide bonds. The number of likely N-dealkylation sites (tertiary alicyclic amines) is 1. The Morgan fingerprint density at radius 1 is 1.25 bits per heavy atom. The summed E-state index contributed by atoms with van der Waals surface area (Å²) < 4.78 is 40.2. The quantitative estimate of drug-likeness (QED) is 0.743. The fourth-order valence-electron chi connectivity index (χ4n) is 4.75. The number of halogens is 4. The fraction of sp³-hybridized carbons (Fsp3) is 0.476. The highest BCUT2D eigenvalue weighted by molar-refractivity contribution is 6.31. The van der Waals surface area contributed by atoms with Crippen LogP contribution in [-0.4, -0.2) is 57.7 Å². The van der Waals surface area contributed by atoms with Gasteiger partial charge in [0, 0.05) is 36.9 Å². The van der Waals surface area contributed by atoms with Crippen LogP contribution in [0.2, 0.25) is 5.02 Å². The number of rotatable bonds is 4. The minimum absolute atomic E-state index is 0.174. The molecule has 1 saturated carbocycles. The Bertz CT molecular complexity index is 1030. The number of carbonyl (C=O) groups excluding carboxylic acids is 2. The van der Waals surface area contributed by atoms with E-state index < -0.39 is 17.6 Å². The van der Waals surface area contributed by atoms with Crippen molar-refractivity contribution in [1.82, 2.24) is 19.6 Å². The first-order chi connectivity index (χ1) is 15.0. The molecule has 2 N–H and O–H groups in total. The van der Waals surface area contributed by atoms with Gasteiger partial charge in [-0.25, -0.2) is 4.79 Å². The summed E-state index contributed by atoms with van der Waals surface area (Å²) >= 11 is 6.15. The van der Waals surface area contributed by atoms with E-state index in [0.29, 0.717) is 42.1 Å². The highest BCUT2D eigenvalue weighted by Gasteiger charge is 2.44. The Morgan fingerprint density at radius 3 is 2.47 bits per heavy atom. The minimum Gasteiger partial charge on any atom is -0.366 e. The van der Waals surface area contributed by atoms with Gasteiger partial charge < -0.3 is 10.6 Å². The van der Waals surface area contributed by atoms with Gasteiger partial charge in [-0.2, -0.15) is 23.0 Å². The zero-order chi connectivity index (χ0) is 23.2. The lowest BCUT2D eigenvalue weighted by Crippen LogP contribution is -2.36. The third-order valence-corrected chi connectivity index (χ3v) is 6.84. The molecule has 0 radical (unpaired) electrons. The van der Waals surface area contributed by atoms with Gasteiger partial charge in [-0.3, -0.25) is 9.69 Å². The molecule has 1 aromatic heterocycles. The third kappa shape index (κ3) is 4.47. The van der Waals surface area contributed by atoms with Crippen molar-refractivity contribution in [1.29, 1.82) is 0 Å². The Hall–Kier alpha value is -2.59. The molecule has 1 unspecified atom stereocenters. The van der Waals surface area contributed by atoms with Crippen molar-refractivity contribution in [3.8, 4) is 0 Å². The fourth-order valence-corrected chi connectivity index (χ4v) is 4.93. The summed E-state index contributed by atoms with van der Waals surface area (Å²) in [6, 6.07) is 3.29. The maximum Gasteiger partial charge on any atom is 0.416 e. The van der Waals surface area contributed by atoms with Gasteiger partial charge in [0.1, 0.15) is 0 Å². The lowest BCUT2D eigenvalue weighted by atomic mass is 10.0. The number of hydrogen-bond acceptors (Lipinski definition) is 4. The van der Waals surface area contributed by atoms with Crippen LogP contribution in [0.25, 0.3) is 0 Å². The van der Waals surface area contributed by atoms with E-state index in [1.807, 2.05) is 11.9 Å². The molecule has 2 fully saturated rings. The number of carbonyl (C=O) groups is 2. The van der Waals surface area contributed by atoms with Gasteiger partial charge in [0.15, 0.2) is 0 Å². The summed E-state index contributed by atoms with van der Waals surface area (Å²) in [6.07, 6.45) is -0.138. The Balaban J connectivity index is 1.36. The van der Waals surface area contributed by atoms with Gasteiger partial charge in [-0.05, 0) is 55.5 Å². The first kappa shape index (κ1) is 22.6. The third-order valence-electron chi connectivity index (χ3n) is 6.48. The number of aromatic nitrogens is 2. The second kappa shape index (κ2) is 8.40. The van der Waals surface area contributed by atoms with Crippen molar-refractivity contribution in [3.05, 3.63) is 52.3 Å². The van der Waals surface area contributed by atoms with E-state index in [0.717, 1.165) is 29.7 Å². The number of benzene rings is 1. The summed E-state index contributed by atoms with van der Waals surface area (Å²) in [7, 11) is 1.89. The van der Waals surface area contributed by atoms with Crippen LogP contribution < -0.4 is 5.73 Å². The van der Waals surface area contributed by atoms with Gasteiger partial charge >= 0.3 is 12.2 Å². The molecule has 1 aromatic carbocycles. The average molecular weight is 470 g/mol. The molecular formula is C21H23ClF3N5O2. The number of amides is 2. The van der Waals surface area contributed by atoms with Crippen molar-refractivity contribution in [2.45, 2.75) is 31.6 Å². The van der Waals surface area contributed by atoms with E-state index in [4.69, 9.17) is 17.3 Å². The summed E-state index contributed by atoms with van der Waals surface area (Å²) in [5.41, 5.74) is 5.12. The molecule has 2 aromatic rings. The van der Waals surface area contributed by atoms with Gasteiger partial charge in [0.25, 0.3) is 5.91 Å². The number of primary amides is 1. The Morgan fingerprint density at radius 2 is 1.91 bits per heavy atom. The predicted octanol–water partition coefficient (Wildman–Crippen LogP) is 3.46. The maximum atomic E-state index is 13.0. The van der Waals surface area contributed by atoms with E-state index in [1.54, 1.807) is 4.90 Å². The minimum atomic E-state index is -4.41. The average Bonchev–Trinajstić information content (AvgIpc) is 3.42. The molecule has 2 heterocycles. The second-order valence-corrected chi connectivity index (χ2v) is 9.00. The zero-order valence-corrected chi connectivity index (χ0v) is 18.1. The first-order valence-electron chi connectivity index (χ1n) is 10.2. The van der Waals surface area contributed by atoms with Crippen molar-refractivity contribution in [2.75, 3.05) is 20.1 Å². The normalized spacial score (nSPS) is 23.1. The molecule has 2 aliphatic rings. The van der Waals surface area contributed by atoms with Crippen LogP contribution in [0.1, 0.15) is 34.3 Å². The SMILES string of the molecule is CN(Cc1cc(C(F)(F)F)ccc1Cl)C1C[C@@H]2CN(C(=O)n3cc(C(N)=O)cn3)C[C@@H]2C1. The molecule has 11 heteroatoms. The molecular weight excluding hydrogens is 447 g/mol. The molecule has 1 aliphatic heterocycles. The summed E-state index contributed by atoms with van der Waals surface area (Å²) in [4.78, 5) is 27.6. The van der Waals surface area contributed by atoms with Crippen LogP contribution in [0.5, 0.6) is 0 Å². The van der Waals surface area contributed by atoms with Crippen LogP contribution in [0.15, 0.2) is 30.6 Å². The van der Waals surface area contributed by atoms with Crippen LogP contribution >= 0.6 is 11.6 Å². The summed E-state index contributed by atoms with van der Waals surface area (Å²) in [5.74, 6) is -0.0433. The van der Waals surface area contributed by atoms with E-state index >= 15 is 0 Å². The van der Waals surface area contributed by atoms with Gasteiger partial charge in [-0.1, -0.05) is 11.6 Å². The number of nitrogens with zero attached hydrogens (tertiary/aromatic N) is 4. The van der Waals surface area contributed by atoms with Crippen LogP contribution in [-0.2, 0) is 12.7 Å². The number of hydrogen-bond donors (Lipinski definition) is 1. The Kier molecular flexibility index (Phi) is 5.93. The second-order valence-electron chi connectivity index (χ2n) is 8.59. The van der Waals surface area contributed by atoms with Gasteiger partial charge in [0.2, 0.25) is 0 Å². The Labute approximate surface area is 187 Å². The summed E-state index contributed by atoms with van der Waals surface area (Å²) in [5, 5.41) is 4.24. The van der Waals surface area contributed by atoms with E-state index in [-0.39, 0.29) is 17.6 Å². The molecule has 7 nitrogen and oxygen atoms in total. The number of alkyl halides is 3. The molecule has 32 heavy (non-hydrogen) atoms. The molecule has 0 spiro atoms. The van der Waals surface area contributed by atoms with Crippen LogP contribution in [0, 0.1) is 11.8 Å². The van der Waals surface area contributed by atoms with Gasteiger partial charge in [0.05, 0.1) is 17.3 Å². The molecule has 172 valence electrons. The topological polar surface area (TPSA) is 84.5 Å². The summed E-state index contributed by atoms with van der Waals surface area (Å²) in [6.45, 7) is 1.46. The molecule has 4 rings (SSSR count). The predicted molar refractivity (Wildman–Crippen MR) is 111 cm³/mol. The van der Waals surface area contributed by atoms with Crippen LogP contribution in [0.4, 0.5) is 18.0 Å². The lowest BCUT2D eigenvalue weighted by Gasteiger charge is -2.27. The smallest absolute Gasteiger partial charge is 0.366 e. The first-order valence-corrected chi connectivity index (χ1v) is 10.6. The van der Waals surface area contributed by atoms with Crippen molar-refractivity contribution in [2.24, 2.45) is 17.6 Å². The van der Waals surface area contributed by atoms with Crippen LogP contribution in [0.3, 0.4) is 0 Å². The molecule has 1 aliphatic carbocycles. The molecule has 1 saturated heterocycles. The monoisotopic (exact) mass is 469 g/mol. The zero-order valence-electron chi connectivity index (χ0n) is 17.3. The maximum absolute atomic E-state index is 13.0. The van der Waals surface area contributed by atoms with Gasteiger partial charge in [-0.15, -0.1) is 0 Å². The molecule has 3 atom stereocenters. The largest absolute Gasteiger partial charge is 0.416 e. The lowest BCUT2D eigenvalue weighted by molar-refractivity contribution is -0.137. The molecule has 0 bridgehead atoms. The highest BCUT2D eigenvalue weighted by Crippen LogP contribution is 2.41.